The van der Waals surface area contributed by atoms with Gasteiger partial charge < -0.3 is 29.7 Å². The number of hydrogen-bond acceptors (Lipinski definition) is 8. The largest absolute Gasteiger partial charge is 0.491 e. The Hall–Kier alpha value is -3.35. The van der Waals surface area contributed by atoms with Crippen molar-refractivity contribution in [2.75, 3.05) is 31.1 Å². The minimum Gasteiger partial charge on any atom is -0.427 e. The van der Waals surface area contributed by atoms with Gasteiger partial charge in [0.25, 0.3) is 5.91 Å². The molecular formula is C26H27ClF3N3O6. The van der Waals surface area contributed by atoms with E-state index in [1.165, 1.54) is 19.1 Å². The number of aliphatic hydroxyl groups excluding tert-OH is 1. The van der Waals surface area contributed by atoms with Gasteiger partial charge in [0.2, 0.25) is 0 Å². The number of carbonyl (C=O) groups is 3. The minimum absolute atomic E-state index is 0.00576. The number of hydrogen-bond donors (Lipinski definition) is 2. The van der Waals surface area contributed by atoms with Crippen molar-refractivity contribution >= 4 is 35.1 Å². The molecule has 2 unspecified atom stereocenters. The number of aliphatic hydroxyl groups is 1. The Labute approximate surface area is 227 Å². The van der Waals surface area contributed by atoms with Crippen molar-refractivity contribution < 1.29 is 42.1 Å². The Morgan fingerprint density at radius 3 is 2.31 bits per heavy atom. The number of carbonyl (C=O) groups excluding carboxylic acids is 3. The zero-order valence-corrected chi connectivity index (χ0v) is 21.7. The standard InChI is InChI=1S/C26H27ClF3N3O6/c1-15(34)38-19-6-7-23(39-25(37)26(28,29)30)21(12-19)33-13-20(22(35)14-33)31-18-8-10-32(11-9-18)24(36)16-2-4-17(27)5-3-16/h2-7,12,18,20,22,31,35H,8-11,13-14H2,1H3. The van der Waals surface area contributed by atoms with Crippen LogP contribution in [-0.4, -0.2) is 78.4 Å². The Balaban J connectivity index is 1.40. The summed E-state index contributed by atoms with van der Waals surface area (Å²) in [6.45, 7) is 2.41. The molecule has 210 valence electrons. The number of benzene rings is 2. The van der Waals surface area contributed by atoms with E-state index in [9.17, 15) is 32.7 Å². The maximum Gasteiger partial charge on any atom is 0.491 e. The van der Waals surface area contributed by atoms with Crippen molar-refractivity contribution in [2.45, 2.75) is 44.1 Å². The van der Waals surface area contributed by atoms with Gasteiger partial charge in [-0.3, -0.25) is 9.59 Å². The summed E-state index contributed by atoms with van der Waals surface area (Å²) in [6.07, 6.45) is -4.82. The number of β-amino-alcohol motifs (C(OH)–C–C–N with tert-alkyl or cyclic N) is 1. The molecule has 2 aromatic rings. The topological polar surface area (TPSA) is 108 Å². The van der Waals surface area contributed by atoms with Gasteiger partial charge in [0.15, 0.2) is 5.75 Å². The quantitative estimate of drug-likeness (QED) is 0.403. The number of halogens is 4. The van der Waals surface area contributed by atoms with Gasteiger partial charge in [0.05, 0.1) is 17.8 Å². The smallest absolute Gasteiger partial charge is 0.427 e. The highest BCUT2D eigenvalue weighted by Crippen LogP contribution is 2.36. The molecule has 2 aliphatic rings. The van der Waals surface area contributed by atoms with Crippen molar-refractivity contribution in [2.24, 2.45) is 0 Å². The third-order valence-electron chi connectivity index (χ3n) is 6.58. The van der Waals surface area contributed by atoms with Crippen LogP contribution in [0.1, 0.15) is 30.1 Å². The molecule has 1 amide bonds. The number of nitrogens with zero attached hydrogens (tertiary/aromatic N) is 2. The van der Waals surface area contributed by atoms with E-state index in [0.717, 1.165) is 6.07 Å². The highest BCUT2D eigenvalue weighted by atomic mass is 35.5. The number of rotatable bonds is 6. The van der Waals surface area contributed by atoms with Crippen molar-refractivity contribution in [3.05, 3.63) is 53.1 Å². The van der Waals surface area contributed by atoms with Crippen LogP contribution in [0.4, 0.5) is 18.9 Å². The molecule has 0 bridgehead atoms. The fourth-order valence-corrected chi connectivity index (χ4v) is 4.82. The number of alkyl halides is 3. The number of esters is 2. The van der Waals surface area contributed by atoms with E-state index in [1.54, 1.807) is 34.1 Å². The molecule has 9 nitrogen and oxygen atoms in total. The first kappa shape index (κ1) is 28.7. The predicted octanol–water partition coefficient (Wildman–Crippen LogP) is 3.18. The summed E-state index contributed by atoms with van der Waals surface area (Å²) < 4.78 is 48.1. The van der Waals surface area contributed by atoms with Crippen LogP contribution in [0.3, 0.4) is 0 Å². The van der Waals surface area contributed by atoms with Gasteiger partial charge in [-0.05, 0) is 49.2 Å². The van der Waals surface area contributed by atoms with Crippen LogP contribution in [0.5, 0.6) is 11.5 Å². The molecule has 2 heterocycles. The van der Waals surface area contributed by atoms with Crippen LogP contribution in [0.2, 0.25) is 5.02 Å². The van der Waals surface area contributed by atoms with Crippen LogP contribution in [0.15, 0.2) is 42.5 Å². The summed E-state index contributed by atoms with van der Waals surface area (Å²) >= 11 is 5.90. The zero-order chi connectivity index (χ0) is 28.3. The second-order valence-electron chi connectivity index (χ2n) is 9.43. The number of likely N-dealkylation sites (tertiary alicyclic amines) is 1. The van der Waals surface area contributed by atoms with Crippen LogP contribution in [0.25, 0.3) is 0 Å². The molecule has 0 aromatic heterocycles. The summed E-state index contributed by atoms with van der Waals surface area (Å²) in [6, 6.07) is 9.83. The lowest BCUT2D eigenvalue weighted by molar-refractivity contribution is -0.189. The molecule has 2 aliphatic heterocycles. The van der Waals surface area contributed by atoms with E-state index >= 15 is 0 Å². The highest BCUT2D eigenvalue weighted by molar-refractivity contribution is 6.30. The lowest BCUT2D eigenvalue weighted by Gasteiger charge is -2.34. The first-order chi connectivity index (χ1) is 18.4. The summed E-state index contributed by atoms with van der Waals surface area (Å²) in [5, 5.41) is 14.7. The van der Waals surface area contributed by atoms with Crippen molar-refractivity contribution in [1.82, 2.24) is 10.2 Å². The normalized spacial score (nSPS) is 20.2. The zero-order valence-electron chi connectivity index (χ0n) is 20.9. The Morgan fingerprint density at radius 2 is 1.69 bits per heavy atom. The molecule has 0 aliphatic carbocycles. The summed E-state index contributed by atoms with van der Waals surface area (Å²) in [5.74, 6) is -3.45. The van der Waals surface area contributed by atoms with Crippen LogP contribution < -0.4 is 19.7 Å². The van der Waals surface area contributed by atoms with Crippen LogP contribution in [-0.2, 0) is 9.59 Å². The Kier molecular flexibility index (Phi) is 8.67. The van der Waals surface area contributed by atoms with E-state index in [2.05, 4.69) is 10.1 Å². The van der Waals surface area contributed by atoms with E-state index in [4.69, 9.17) is 16.3 Å². The number of amides is 1. The van der Waals surface area contributed by atoms with E-state index in [-0.39, 0.29) is 42.2 Å². The third kappa shape index (κ3) is 7.20. The van der Waals surface area contributed by atoms with Gasteiger partial charge in [-0.2, -0.15) is 13.2 Å². The minimum atomic E-state index is -5.20. The monoisotopic (exact) mass is 569 g/mol. The maximum absolute atomic E-state index is 12.8. The van der Waals surface area contributed by atoms with Gasteiger partial charge in [-0.15, -0.1) is 0 Å². The second kappa shape index (κ2) is 11.8. The number of nitrogens with one attached hydrogen (secondary N) is 1. The predicted molar refractivity (Wildman–Crippen MR) is 135 cm³/mol. The van der Waals surface area contributed by atoms with Gasteiger partial charge in [-0.1, -0.05) is 11.6 Å². The Morgan fingerprint density at radius 1 is 1.03 bits per heavy atom. The van der Waals surface area contributed by atoms with Crippen LogP contribution >= 0.6 is 11.6 Å². The number of ether oxygens (including phenoxy) is 2. The molecule has 2 atom stereocenters. The molecule has 2 fully saturated rings. The molecule has 2 N–H and O–H groups in total. The lowest BCUT2D eigenvalue weighted by atomic mass is 10.0. The molecule has 2 saturated heterocycles. The molecular weight excluding hydrogens is 543 g/mol. The van der Waals surface area contributed by atoms with Gasteiger partial charge in [0, 0.05) is 55.8 Å². The van der Waals surface area contributed by atoms with Gasteiger partial charge in [-0.25, -0.2) is 4.79 Å². The summed E-state index contributed by atoms with van der Waals surface area (Å²) in [4.78, 5) is 38.9. The fourth-order valence-electron chi connectivity index (χ4n) is 4.69. The second-order valence-corrected chi connectivity index (χ2v) is 9.87. The van der Waals surface area contributed by atoms with Crippen LogP contribution in [0, 0.1) is 0 Å². The average Bonchev–Trinajstić information content (AvgIpc) is 3.24. The maximum atomic E-state index is 12.8. The average molecular weight is 570 g/mol. The first-order valence-electron chi connectivity index (χ1n) is 12.3. The number of anilines is 1. The molecule has 39 heavy (non-hydrogen) atoms. The first-order valence-corrected chi connectivity index (χ1v) is 12.6. The molecule has 0 spiro atoms. The number of piperidine rings is 1. The van der Waals surface area contributed by atoms with Crippen molar-refractivity contribution in [3.8, 4) is 11.5 Å². The van der Waals surface area contributed by atoms with E-state index in [1.807, 2.05) is 0 Å². The molecule has 0 saturated carbocycles. The Bertz CT molecular complexity index is 1220. The fraction of sp³-hybridized carbons (Fsp3) is 0.423. The van der Waals surface area contributed by atoms with E-state index in [0.29, 0.717) is 36.5 Å². The SMILES string of the molecule is CC(=O)Oc1ccc(OC(=O)C(F)(F)F)c(N2CC(O)C(NC3CCN(C(=O)c4ccc(Cl)cc4)CC3)C2)c1. The molecule has 2 aromatic carbocycles. The third-order valence-corrected chi connectivity index (χ3v) is 6.83. The van der Waals surface area contributed by atoms with Crippen molar-refractivity contribution in [3.63, 3.8) is 0 Å². The molecule has 4 rings (SSSR count). The summed E-state index contributed by atoms with van der Waals surface area (Å²) in [5.41, 5.74) is 0.615. The lowest BCUT2D eigenvalue weighted by Crippen LogP contribution is -2.50. The van der Waals surface area contributed by atoms with Crippen molar-refractivity contribution in [1.29, 1.82) is 0 Å². The summed E-state index contributed by atoms with van der Waals surface area (Å²) in [7, 11) is 0. The molecule has 0 radical (unpaired) electrons. The highest BCUT2D eigenvalue weighted by Gasteiger charge is 2.42. The van der Waals surface area contributed by atoms with Gasteiger partial charge >= 0.3 is 18.1 Å². The van der Waals surface area contributed by atoms with E-state index < -0.39 is 30.3 Å². The van der Waals surface area contributed by atoms with Gasteiger partial charge in [0.1, 0.15) is 5.75 Å². The molecule has 13 heteroatoms.